The minimum atomic E-state index is 0.201. The van der Waals surface area contributed by atoms with E-state index in [9.17, 15) is 4.79 Å². The van der Waals surface area contributed by atoms with Gasteiger partial charge in [0.2, 0.25) is 5.91 Å². The highest BCUT2D eigenvalue weighted by Crippen LogP contribution is 2.27. The Bertz CT molecular complexity index is 716. The molecule has 2 aliphatic heterocycles. The topological polar surface area (TPSA) is 49.3 Å². The van der Waals surface area contributed by atoms with Crippen molar-refractivity contribution < 1.29 is 4.79 Å². The molecule has 3 heterocycles. The number of thioether (sulfide) groups is 1. The van der Waals surface area contributed by atoms with E-state index in [1.165, 1.54) is 0 Å². The molecule has 2 saturated heterocycles. The van der Waals surface area contributed by atoms with Crippen molar-refractivity contribution in [1.82, 2.24) is 10.2 Å². The fraction of sp³-hybridized carbons (Fsp3) is 0.421. The van der Waals surface area contributed by atoms with Crippen molar-refractivity contribution in [2.75, 3.05) is 40.9 Å². The Morgan fingerprint density at radius 2 is 1.84 bits per heavy atom. The van der Waals surface area contributed by atoms with Gasteiger partial charge in [-0.1, -0.05) is 18.2 Å². The van der Waals surface area contributed by atoms with Gasteiger partial charge in [-0.25, -0.2) is 0 Å². The van der Waals surface area contributed by atoms with Crippen LogP contribution in [0, 0.1) is 5.92 Å². The van der Waals surface area contributed by atoms with Gasteiger partial charge in [-0.3, -0.25) is 4.79 Å². The fourth-order valence-electron chi connectivity index (χ4n) is 3.49. The monoisotopic (exact) mass is 354 g/mol. The van der Waals surface area contributed by atoms with Crippen LogP contribution in [0.1, 0.15) is 12.1 Å². The van der Waals surface area contributed by atoms with Crippen LogP contribution in [0.25, 0.3) is 0 Å². The summed E-state index contributed by atoms with van der Waals surface area (Å²) in [5, 5.41) is 8.82. The maximum Gasteiger partial charge on any atom is 0.227 e. The van der Waals surface area contributed by atoms with Gasteiger partial charge in [-0.15, -0.1) is 5.10 Å². The molecule has 130 valence electrons. The molecule has 4 rings (SSSR count). The summed E-state index contributed by atoms with van der Waals surface area (Å²) < 4.78 is 0. The number of hydrogen-bond acceptors (Lipinski definition) is 5. The van der Waals surface area contributed by atoms with Crippen LogP contribution in [0.15, 0.2) is 42.5 Å². The molecule has 6 heteroatoms. The number of rotatable bonds is 4. The molecule has 0 spiro atoms. The first-order valence-electron chi connectivity index (χ1n) is 8.80. The van der Waals surface area contributed by atoms with Gasteiger partial charge in [-0.2, -0.15) is 16.9 Å². The minimum absolute atomic E-state index is 0.201. The van der Waals surface area contributed by atoms with Crippen LogP contribution < -0.4 is 9.80 Å². The van der Waals surface area contributed by atoms with Gasteiger partial charge in [0.05, 0.1) is 5.69 Å². The van der Waals surface area contributed by atoms with E-state index in [1.54, 1.807) is 0 Å². The number of carbonyl (C=O) groups excluding carboxylic acids is 1. The fourth-order valence-corrected chi connectivity index (χ4v) is 4.40. The van der Waals surface area contributed by atoms with Crippen molar-refractivity contribution >= 4 is 29.2 Å². The maximum atomic E-state index is 12.3. The van der Waals surface area contributed by atoms with Crippen LogP contribution in [-0.2, 0) is 11.2 Å². The van der Waals surface area contributed by atoms with Crippen LogP contribution in [0.2, 0.25) is 0 Å². The molecule has 1 aromatic carbocycles. The second-order valence-corrected chi connectivity index (χ2v) is 7.82. The molecule has 0 aliphatic carbocycles. The van der Waals surface area contributed by atoms with E-state index in [4.69, 9.17) is 0 Å². The summed E-state index contributed by atoms with van der Waals surface area (Å²) in [7, 11) is 0. The Kier molecular flexibility index (Phi) is 4.88. The number of carbonyl (C=O) groups is 1. The zero-order chi connectivity index (χ0) is 17.1. The van der Waals surface area contributed by atoms with Crippen LogP contribution in [0.4, 0.5) is 11.5 Å². The van der Waals surface area contributed by atoms with E-state index in [2.05, 4.69) is 27.2 Å². The van der Waals surface area contributed by atoms with Crippen LogP contribution in [0.5, 0.6) is 0 Å². The number of amides is 1. The zero-order valence-corrected chi connectivity index (χ0v) is 15.0. The summed E-state index contributed by atoms with van der Waals surface area (Å²) in [5.74, 6) is 3.79. The van der Waals surface area contributed by atoms with Gasteiger partial charge in [0.1, 0.15) is 0 Å². The van der Waals surface area contributed by atoms with Crippen molar-refractivity contribution in [3.05, 3.63) is 48.2 Å². The minimum Gasteiger partial charge on any atom is -0.353 e. The average Bonchev–Trinajstić information content (AvgIpc) is 3.04. The maximum absolute atomic E-state index is 12.3. The van der Waals surface area contributed by atoms with Crippen molar-refractivity contribution in [2.45, 2.75) is 12.8 Å². The summed E-state index contributed by atoms with van der Waals surface area (Å²) in [6, 6.07) is 14.0. The van der Waals surface area contributed by atoms with Crippen molar-refractivity contribution in [1.29, 1.82) is 0 Å². The third-order valence-electron chi connectivity index (χ3n) is 4.81. The van der Waals surface area contributed by atoms with Gasteiger partial charge < -0.3 is 9.80 Å². The molecule has 0 unspecified atom stereocenters. The summed E-state index contributed by atoms with van der Waals surface area (Å²) in [4.78, 5) is 16.5. The molecule has 1 atom stereocenters. The summed E-state index contributed by atoms with van der Waals surface area (Å²) in [6.07, 6.45) is 1.39. The summed E-state index contributed by atoms with van der Waals surface area (Å²) >= 11 is 1.99. The van der Waals surface area contributed by atoms with E-state index < -0.39 is 0 Å². The highest BCUT2D eigenvalue weighted by Gasteiger charge is 2.30. The second kappa shape index (κ2) is 7.44. The predicted molar refractivity (Wildman–Crippen MR) is 102 cm³/mol. The van der Waals surface area contributed by atoms with Crippen molar-refractivity contribution in [3.63, 3.8) is 0 Å². The SMILES string of the molecule is O=C1C[C@H](Cc2ccc(N3CCSCC3)nn2)CN1c1ccccc1. The molecule has 0 bridgehead atoms. The number of para-hydroxylation sites is 1. The van der Waals surface area contributed by atoms with E-state index in [-0.39, 0.29) is 5.91 Å². The van der Waals surface area contributed by atoms with Gasteiger partial charge in [0.15, 0.2) is 5.82 Å². The molecule has 1 aromatic heterocycles. The number of nitrogens with zero attached hydrogens (tertiary/aromatic N) is 4. The zero-order valence-electron chi connectivity index (χ0n) is 14.2. The molecule has 2 aliphatic rings. The lowest BCUT2D eigenvalue weighted by molar-refractivity contribution is -0.117. The summed E-state index contributed by atoms with van der Waals surface area (Å²) in [5.41, 5.74) is 1.96. The van der Waals surface area contributed by atoms with E-state index in [0.29, 0.717) is 12.3 Å². The lowest BCUT2D eigenvalue weighted by Crippen LogP contribution is -2.33. The summed E-state index contributed by atoms with van der Waals surface area (Å²) in [6.45, 7) is 2.85. The molecule has 2 aromatic rings. The smallest absolute Gasteiger partial charge is 0.227 e. The number of aromatic nitrogens is 2. The van der Waals surface area contributed by atoms with Gasteiger partial charge in [0.25, 0.3) is 0 Å². The standard InChI is InChI=1S/C19H22N4OS/c24-19-13-15(14-23(19)17-4-2-1-3-5-17)12-16-6-7-18(21-20-16)22-8-10-25-11-9-22/h1-7,15H,8-14H2/t15-/m0/s1. The Hall–Kier alpha value is -2.08. The van der Waals surface area contributed by atoms with Crippen molar-refractivity contribution in [3.8, 4) is 0 Å². The molecule has 5 nitrogen and oxygen atoms in total. The third kappa shape index (κ3) is 3.79. The molecule has 25 heavy (non-hydrogen) atoms. The first-order chi connectivity index (χ1) is 12.3. The molecule has 1 amide bonds. The molecular weight excluding hydrogens is 332 g/mol. The number of benzene rings is 1. The van der Waals surface area contributed by atoms with Gasteiger partial charge >= 0.3 is 0 Å². The molecule has 2 fully saturated rings. The Labute approximate surface area is 152 Å². The van der Waals surface area contributed by atoms with Gasteiger partial charge in [0, 0.05) is 43.2 Å². The highest BCUT2D eigenvalue weighted by molar-refractivity contribution is 7.99. The first kappa shape index (κ1) is 16.4. The largest absolute Gasteiger partial charge is 0.353 e. The average molecular weight is 354 g/mol. The van der Waals surface area contributed by atoms with E-state index in [0.717, 1.165) is 54.8 Å². The number of anilines is 2. The molecule has 0 saturated carbocycles. The quantitative estimate of drug-likeness (QED) is 0.845. The Morgan fingerprint density at radius 1 is 1.04 bits per heavy atom. The normalized spacial score (nSPS) is 21.0. The number of hydrogen-bond donors (Lipinski definition) is 0. The first-order valence-corrected chi connectivity index (χ1v) is 9.96. The Morgan fingerprint density at radius 3 is 2.56 bits per heavy atom. The second-order valence-electron chi connectivity index (χ2n) is 6.60. The van der Waals surface area contributed by atoms with E-state index in [1.807, 2.05) is 47.0 Å². The van der Waals surface area contributed by atoms with Crippen LogP contribution in [0.3, 0.4) is 0 Å². The van der Waals surface area contributed by atoms with E-state index >= 15 is 0 Å². The predicted octanol–water partition coefficient (Wildman–Crippen LogP) is 2.63. The third-order valence-corrected chi connectivity index (χ3v) is 5.75. The molecular formula is C19H22N4OS. The van der Waals surface area contributed by atoms with Gasteiger partial charge in [-0.05, 0) is 36.6 Å². The lowest BCUT2D eigenvalue weighted by atomic mass is 10.0. The lowest BCUT2D eigenvalue weighted by Gasteiger charge is -2.26. The highest BCUT2D eigenvalue weighted by atomic mass is 32.2. The molecule has 0 radical (unpaired) electrons. The molecule has 0 N–H and O–H groups in total. The van der Waals surface area contributed by atoms with Crippen LogP contribution >= 0.6 is 11.8 Å². The van der Waals surface area contributed by atoms with Crippen LogP contribution in [-0.4, -0.2) is 47.2 Å². The Balaban J connectivity index is 1.38. The van der Waals surface area contributed by atoms with Crippen molar-refractivity contribution in [2.24, 2.45) is 5.92 Å².